The van der Waals surface area contributed by atoms with E-state index in [4.69, 9.17) is 10.00 Å². The van der Waals surface area contributed by atoms with Gasteiger partial charge in [0.15, 0.2) is 0 Å². The van der Waals surface area contributed by atoms with Crippen LogP contribution in [0.5, 0.6) is 5.88 Å². The Labute approximate surface area is 131 Å². The number of benzene rings is 1. The number of nitrogens with zero attached hydrogens (tertiary/aromatic N) is 3. The highest BCUT2D eigenvalue weighted by Gasteiger charge is 2.20. The first-order valence-electron chi connectivity index (χ1n) is 7.64. The molecule has 4 heteroatoms. The Morgan fingerprint density at radius 1 is 1.23 bits per heavy atom. The molecule has 0 N–H and O–H groups in total. The van der Waals surface area contributed by atoms with E-state index in [1.807, 2.05) is 42.5 Å². The second kappa shape index (κ2) is 6.95. The summed E-state index contributed by atoms with van der Waals surface area (Å²) in [5, 5.41) is 8.87. The number of aromatic nitrogens is 1. The van der Waals surface area contributed by atoms with Crippen LogP contribution in [0.15, 0.2) is 48.7 Å². The molecule has 1 fully saturated rings. The number of rotatable bonds is 4. The Bertz CT molecular complexity index is 634. The molecule has 1 unspecified atom stereocenters. The van der Waals surface area contributed by atoms with E-state index in [9.17, 15) is 0 Å². The minimum atomic E-state index is 0.506. The number of ether oxygens (including phenoxy) is 1. The molecule has 2 heterocycles. The third-order valence-corrected chi connectivity index (χ3v) is 3.99. The standard InChI is InChI=1S/C18H19N3O/c19-12-15-6-8-17(9-7-15)21-11-3-4-16(13-21)14-22-18-5-1-2-10-20-18/h1-2,5-10,16H,3-4,11,13-14H2. The van der Waals surface area contributed by atoms with Gasteiger partial charge in [0.25, 0.3) is 0 Å². The van der Waals surface area contributed by atoms with Crippen LogP contribution in [0.2, 0.25) is 0 Å². The zero-order valence-electron chi connectivity index (χ0n) is 12.5. The lowest BCUT2D eigenvalue weighted by atomic mass is 9.98. The summed E-state index contributed by atoms with van der Waals surface area (Å²) in [7, 11) is 0. The molecule has 1 atom stereocenters. The van der Waals surface area contributed by atoms with Crippen molar-refractivity contribution in [2.24, 2.45) is 5.92 Å². The molecule has 1 aliphatic heterocycles. The molecule has 1 aromatic carbocycles. The van der Waals surface area contributed by atoms with Gasteiger partial charge in [-0.2, -0.15) is 5.26 Å². The molecule has 0 aliphatic carbocycles. The van der Waals surface area contributed by atoms with Gasteiger partial charge < -0.3 is 9.64 Å². The van der Waals surface area contributed by atoms with Gasteiger partial charge >= 0.3 is 0 Å². The van der Waals surface area contributed by atoms with E-state index in [1.54, 1.807) is 6.20 Å². The van der Waals surface area contributed by atoms with Crippen molar-refractivity contribution in [2.75, 3.05) is 24.6 Å². The highest BCUT2D eigenvalue weighted by atomic mass is 16.5. The van der Waals surface area contributed by atoms with Gasteiger partial charge in [-0.3, -0.25) is 0 Å². The van der Waals surface area contributed by atoms with Gasteiger partial charge in [0, 0.05) is 37.0 Å². The van der Waals surface area contributed by atoms with Crippen LogP contribution in [-0.4, -0.2) is 24.7 Å². The quantitative estimate of drug-likeness (QED) is 0.868. The number of pyridine rings is 1. The van der Waals surface area contributed by atoms with Crippen LogP contribution in [0.1, 0.15) is 18.4 Å². The molecule has 4 nitrogen and oxygen atoms in total. The van der Waals surface area contributed by atoms with Crippen LogP contribution in [0.4, 0.5) is 5.69 Å². The largest absolute Gasteiger partial charge is 0.477 e. The average Bonchev–Trinajstić information content (AvgIpc) is 2.61. The summed E-state index contributed by atoms with van der Waals surface area (Å²) in [4.78, 5) is 6.57. The van der Waals surface area contributed by atoms with Crippen molar-refractivity contribution >= 4 is 5.69 Å². The Balaban J connectivity index is 1.58. The second-order valence-electron chi connectivity index (χ2n) is 5.59. The van der Waals surface area contributed by atoms with E-state index in [-0.39, 0.29) is 0 Å². The van der Waals surface area contributed by atoms with Gasteiger partial charge in [-0.15, -0.1) is 0 Å². The lowest BCUT2D eigenvalue weighted by Crippen LogP contribution is -2.37. The molecule has 0 radical (unpaired) electrons. The van der Waals surface area contributed by atoms with E-state index >= 15 is 0 Å². The maximum Gasteiger partial charge on any atom is 0.213 e. The minimum Gasteiger partial charge on any atom is -0.477 e. The predicted molar refractivity (Wildman–Crippen MR) is 85.8 cm³/mol. The zero-order chi connectivity index (χ0) is 15.2. The van der Waals surface area contributed by atoms with Gasteiger partial charge in [-0.05, 0) is 43.2 Å². The highest BCUT2D eigenvalue weighted by Crippen LogP contribution is 2.24. The molecular weight excluding hydrogens is 274 g/mol. The summed E-state index contributed by atoms with van der Waals surface area (Å²) < 4.78 is 5.79. The highest BCUT2D eigenvalue weighted by molar-refractivity contribution is 5.50. The summed E-state index contributed by atoms with van der Waals surface area (Å²) in [5.41, 5.74) is 1.89. The smallest absolute Gasteiger partial charge is 0.213 e. The fraction of sp³-hybridized carbons (Fsp3) is 0.333. The monoisotopic (exact) mass is 293 g/mol. The molecular formula is C18H19N3O. The molecule has 112 valence electrons. The molecule has 0 bridgehead atoms. The predicted octanol–water partition coefficient (Wildman–Crippen LogP) is 3.25. The summed E-state index contributed by atoms with van der Waals surface area (Å²) in [6.45, 7) is 2.74. The van der Waals surface area contributed by atoms with Crippen molar-refractivity contribution in [3.05, 3.63) is 54.2 Å². The van der Waals surface area contributed by atoms with Crippen molar-refractivity contribution in [2.45, 2.75) is 12.8 Å². The van der Waals surface area contributed by atoms with E-state index in [1.165, 1.54) is 12.1 Å². The van der Waals surface area contributed by atoms with Gasteiger partial charge in [-0.1, -0.05) is 6.07 Å². The number of anilines is 1. The maximum absolute atomic E-state index is 8.87. The minimum absolute atomic E-state index is 0.506. The van der Waals surface area contributed by atoms with E-state index in [0.29, 0.717) is 24.0 Å². The van der Waals surface area contributed by atoms with Crippen LogP contribution < -0.4 is 9.64 Å². The Hall–Kier alpha value is -2.54. The molecule has 0 amide bonds. The Morgan fingerprint density at radius 3 is 2.82 bits per heavy atom. The summed E-state index contributed by atoms with van der Waals surface area (Å²) in [5.74, 6) is 1.20. The van der Waals surface area contributed by atoms with Gasteiger partial charge in [0.05, 0.1) is 18.2 Å². The lowest BCUT2D eigenvalue weighted by Gasteiger charge is -2.34. The molecule has 3 rings (SSSR count). The van der Waals surface area contributed by atoms with Crippen LogP contribution in [0.3, 0.4) is 0 Å². The Morgan fingerprint density at radius 2 is 2.09 bits per heavy atom. The van der Waals surface area contributed by atoms with Gasteiger partial charge in [0.2, 0.25) is 5.88 Å². The van der Waals surface area contributed by atoms with E-state index in [0.717, 1.165) is 19.5 Å². The van der Waals surface area contributed by atoms with Crippen molar-refractivity contribution in [1.29, 1.82) is 5.26 Å². The van der Waals surface area contributed by atoms with E-state index in [2.05, 4.69) is 16.0 Å². The first-order chi connectivity index (χ1) is 10.8. The molecule has 0 spiro atoms. The first-order valence-corrected chi connectivity index (χ1v) is 7.64. The maximum atomic E-state index is 8.87. The number of piperidine rings is 1. The summed E-state index contributed by atoms with van der Waals surface area (Å²) in [6, 6.07) is 15.7. The molecule has 0 saturated carbocycles. The molecule has 22 heavy (non-hydrogen) atoms. The molecule has 1 aromatic heterocycles. The third kappa shape index (κ3) is 3.56. The van der Waals surface area contributed by atoms with Crippen LogP contribution in [0, 0.1) is 17.2 Å². The topological polar surface area (TPSA) is 49.2 Å². The number of nitriles is 1. The number of hydrogen-bond acceptors (Lipinski definition) is 4. The third-order valence-electron chi connectivity index (χ3n) is 3.99. The van der Waals surface area contributed by atoms with Crippen molar-refractivity contribution < 1.29 is 4.74 Å². The summed E-state index contributed by atoms with van der Waals surface area (Å²) >= 11 is 0. The fourth-order valence-corrected chi connectivity index (χ4v) is 2.82. The molecule has 2 aromatic rings. The van der Waals surface area contributed by atoms with Crippen molar-refractivity contribution in [1.82, 2.24) is 4.98 Å². The normalized spacial score (nSPS) is 17.8. The van der Waals surface area contributed by atoms with Crippen molar-refractivity contribution in [3.8, 4) is 11.9 Å². The Kier molecular flexibility index (Phi) is 4.55. The van der Waals surface area contributed by atoms with Crippen LogP contribution in [0.25, 0.3) is 0 Å². The van der Waals surface area contributed by atoms with Gasteiger partial charge in [-0.25, -0.2) is 4.98 Å². The van der Waals surface area contributed by atoms with Gasteiger partial charge in [0.1, 0.15) is 0 Å². The van der Waals surface area contributed by atoms with Crippen LogP contribution >= 0.6 is 0 Å². The first kappa shape index (κ1) is 14.4. The lowest BCUT2D eigenvalue weighted by molar-refractivity contribution is 0.222. The van der Waals surface area contributed by atoms with Crippen molar-refractivity contribution in [3.63, 3.8) is 0 Å². The molecule has 1 saturated heterocycles. The summed E-state index contributed by atoms with van der Waals surface area (Å²) in [6.07, 6.45) is 4.09. The number of hydrogen-bond donors (Lipinski definition) is 0. The van der Waals surface area contributed by atoms with Crippen LogP contribution in [-0.2, 0) is 0 Å². The second-order valence-corrected chi connectivity index (χ2v) is 5.59. The van der Waals surface area contributed by atoms with E-state index < -0.39 is 0 Å². The SMILES string of the molecule is N#Cc1ccc(N2CCCC(COc3ccccn3)C2)cc1. The fourth-order valence-electron chi connectivity index (χ4n) is 2.82. The average molecular weight is 293 g/mol. The molecule has 1 aliphatic rings. The zero-order valence-corrected chi connectivity index (χ0v) is 12.5.